The summed E-state index contributed by atoms with van der Waals surface area (Å²) in [7, 11) is -3.80. The van der Waals surface area contributed by atoms with Crippen molar-refractivity contribution in [2.75, 3.05) is 19.7 Å². The van der Waals surface area contributed by atoms with Gasteiger partial charge in [-0.2, -0.15) is 4.31 Å². The minimum Gasteiger partial charge on any atom is -0.481 e. The molecule has 128 valence electrons. The number of aliphatic hydroxyl groups excluding tert-OH is 1. The summed E-state index contributed by atoms with van der Waals surface area (Å²) in [6.45, 7) is -0.163. The van der Waals surface area contributed by atoms with Crippen molar-refractivity contribution in [3.63, 3.8) is 0 Å². The van der Waals surface area contributed by atoms with Crippen molar-refractivity contribution in [1.29, 1.82) is 0 Å². The number of carboxylic acid groups (broad SMARTS) is 1. The molecule has 0 radical (unpaired) electrons. The standard InChI is InChI=1S/C17H19NO5S/c19-11-12-7-15(17(20)21)10-18(9-12)24(22,23)16-6-5-13-3-1-2-4-14(13)8-16/h1-6,8,12,15,19H,7,9-11H2,(H,20,21). The number of aliphatic hydroxyl groups is 1. The first-order valence-electron chi connectivity index (χ1n) is 7.74. The van der Waals surface area contributed by atoms with Gasteiger partial charge >= 0.3 is 5.97 Å². The van der Waals surface area contributed by atoms with Crippen molar-refractivity contribution in [1.82, 2.24) is 4.31 Å². The Morgan fingerprint density at radius 3 is 2.50 bits per heavy atom. The smallest absolute Gasteiger partial charge is 0.307 e. The second-order valence-electron chi connectivity index (χ2n) is 6.15. The van der Waals surface area contributed by atoms with Crippen molar-refractivity contribution in [2.45, 2.75) is 11.3 Å². The first-order valence-corrected chi connectivity index (χ1v) is 9.18. The van der Waals surface area contributed by atoms with Gasteiger partial charge in [0.1, 0.15) is 0 Å². The van der Waals surface area contributed by atoms with E-state index in [1.807, 2.05) is 24.3 Å². The zero-order chi connectivity index (χ0) is 17.3. The Morgan fingerprint density at radius 2 is 1.83 bits per heavy atom. The maximum Gasteiger partial charge on any atom is 0.307 e. The third-order valence-electron chi connectivity index (χ3n) is 4.47. The monoisotopic (exact) mass is 349 g/mol. The van der Waals surface area contributed by atoms with Crippen molar-refractivity contribution in [3.8, 4) is 0 Å². The molecular formula is C17H19NO5S. The number of rotatable bonds is 4. The van der Waals surface area contributed by atoms with Crippen LogP contribution in [0.5, 0.6) is 0 Å². The van der Waals surface area contributed by atoms with E-state index in [2.05, 4.69) is 0 Å². The molecule has 2 aromatic rings. The molecule has 1 saturated heterocycles. The molecule has 2 atom stereocenters. The molecule has 1 aliphatic rings. The second-order valence-corrected chi connectivity index (χ2v) is 8.09. The molecule has 0 aliphatic carbocycles. The molecule has 1 heterocycles. The van der Waals surface area contributed by atoms with Gasteiger partial charge in [-0.25, -0.2) is 8.42 Å². The Kier molecular flexibility index (Phi) is 4.58. The van der Waals surface area contributed by atoms with Crippen molar-refractivity contribution >= 4 is 26.8 Å². The number of aliphatic carboxylic acids is 1. The van der Waals surface area contributed by atoms with Crippen LogP contribution in [0.1, 0.15) is 6.42 Å². The number of hydrogen-bond acceptors (Lipinski definition) is 4. The van der Waals surface area contributed by atoms with Crippen LogP contribution in [0.2, 0.25) is 0 Å². The van der Waals surface area contributed by atoms with Gasteiger partial charge in [0.15, 0.2) is 0 Å². The van der Waals surface area contributed by atoms with Gasteiger partial charge in [-0.05, 0) is 35.2 Å². The highest BCUT2D eigenvalue weighted by atomic mass is 32.2. The fraction of sp³-hybridized carbons (Fsp3) is 0.353. The summed E-state index contributed by atoms with van der Waals surface area (Å²) in [6, 6.07) is 12.3. The zero-order valence-corrected chi connectivity index (χ0v) is 13.8. The van der Waals surface area contributed by atoms with E-state index in [-0.39, 0.29) is 36.9 Å². The van der Waals surface area contributed by atoms with Crippen molar-refractivity contribution in [3.05, 3.63) is 42.5 Å². The van der Waals surface area contributed by atoms with E-state index < -0.39 is 21.9 Å². The van der Waals surface area contributed by atoms with E-state index >= 15 is 0 Å². The fourth-order valence-corrected chi connectivity index (χ4v) is 4.74. The van der Waals surface area contributed by atoms with Gasteiger partial charge in [0.2, 0.25) is 10.0 Å². The van der Waals surface area contributed by atoms with E-state index in [0.717, 1.165) is 10.8 Å². The SMILES string of the molecule is O=C(O)C1CC(CO)CN(S(=O)(=O)c2ccc3ccccc3c2)C1. The van der Waals surface area contributed by atoms with Crippen LogP contribution in [0.4, 0.5) is 0 Å². The summed E-state index contributed by atoms with van der Waals surface area (Å²) in [4.78, 5) is 11.4. The Balaban J connectivity index is 1.96. The lowest BCUT2D eigenvalue weighted by Crippen LogP contribution is -2.46. The third-order valence-corrected chi connectivity index (χ3v) is 6.30. The quantitative estimate of drug-likeness (QED) is 0.873. The predicted molar refractivity (Wildman–Crippen MR) is 89.0 cm³/mol. The zero-order valence-electron chi connectivity index (χ0n) is 13.0. The Hall–Kier alpha value is -1.96. The lowest BCUT2D eigenvalue weighted by Gasteiger charge is -2.34. The largest absolute Gasteiger partial charge is 0.481 e. The molecule has 6 nitrogen and oxygen atoms in total. The molecule has 1 aliphatic heterocycles. The average Bonchev–Trinajstić information content (AvgIpc) is 2.60. The number of sulfonamides is 1. The van der Waals surface area contributed by atoms with Crippen LogP contribution in [0.25, 0.3) is 10.8 Å². The number of piperidine rings is 1. The van der Waals surface area contributed by atoms with Gasteiger partial charge in [-0.3, -0.25) is 4.79 Å². The number of benzene rings is 2. The first kappa shape index (κ1) is 16.9. The summed E-state index contributed by atoms with van der Waals surface area (Å²) in [5.74, 6) is -2.20. The highest BCUT2D eigenvalue weighted by molar-refractivity contribution is 7.89. The number of hydrogen-bond donors (Lipinski definition) is 2. The Bertz CT molecular complexity index is 864. The number of carboxylic acids is 1. The summed E-state index contributed by atoms with van der Waals surface area (Å²) < 4.78 is 27.0. The van der Waals surface area contributed by atoms with E-state index in [4.69, 9.17) is 0 Å². The van der Waals surface area contributed by atoms with Gasteiger partial charge in [0, 0.05) is 19.7 Å². The van der Waals surface area contributed by atoms with Gasteiger partial charge < -0.3 is 10.2 Å². The minimum absolute atomic E-state index is 0.0685. The van der Waals surface area contributed by atoms with Crippen LogP contribution in [-0.2, 0) is 14.8 Å². The topological polar surface area (TPSA) is 94.9 Å². The Morgan fingerprint density at radius 1 is 1.12 bits per heavy atom. The van der Waals surface area contributed by atoms with E-state index in [0.29, 0.717) is 0 Å². The van der Waals surface area contributed by atoms with Crippen LogP contribution in [-0.4, -0.2) is 48.6 Å². The number of carbonyl (C=O) groups is 1. The average molecular weight is 349 g/mol. The lowest BCUT2D eigenvalue weighted by molar-refractivity contribution is -0.143. The highest BCUT2D eigenvalue weighted by Crippen LogP contribution is 2.28. The molecule has 2 unspecified atom stereocenters. The van der Waals surface area contributed by atoms with Crippen LogP contribution in [0, 0.1) is 11.8 Å². The highest BCUT2D eigenvalue weighted by Gasteiger charge is 2.37. The summed E-state index contributed by atoms with van der Waals surface area (Å²) in [5, 5.41) is 20.4. The maximum atomic E-state index is 12.9. The van der Waals surface area contributed by atoms with Gasteiger partial charge in [-0.1, -0.05) is 30.3 Å². The van der Waals surface area contributed by atoms with Crippen LogP contribution < -0.4 is 0 Å². The fourth-order valence-electron chi connectivity index (χ4n) is 3.14. The molecule has 2 aromatic carbocycles. The molecule has 0 aromatic heterocycles. The second kappa shape index (κ2) is 6.51. The Labute approximate surface area is 140 Å². The van der Waals surface area contributed by atoms with Crippen LogP contribution in [0.15, 0.2) is 47.4 Å². The van der Waals surface area contributed by atoms with Gasteiger partial charge in [0.25, 0.3) is 0 Å². The summed E-state index contributed by atoms with van der Waals surface area (Å²) in [6.07, 6.45) is 0.287. The third kappa shape index (κ3) is 3.15. The lowest BCUT2D eigenvalue weighted by atomic mass is 9.91. The molecule has 0 amide bonds. The first-order chi connectivity index (χ1) is 11.4. The van der Waals surface area contributed by atoms with Gasteiger partial charge in [0.05, 0.1) is 10.8 Å². The number of fused-ring (bicyclic) bond motifs is 1. The predicted octanol–water partition coefficient (Wildman–Crippen LogP) is 1.54. The molecule has 1 fully saturated rings. The van der Waals surface area contributed by atoms with Gasteiger partial charge in [-0.15, -0.1) is 0 Å². The van der Waals surface area contributed by atoms with Crippen molar-refractivity contribution in [2.24, 2.45) is 11.8 Å². The van der Waals surface area contributed by atoms with Crippen LogP contribution in [0.3, 0.4) is 0 Å². The molecule has 3 rings (SSSR count). The summed E-state index contributed by atoms with van der Waals surface area (Å²) >= 11 is 0. The molecule has 0 spiro atoms. The molecule has 0 bridgehead atoms. The van der Waals surface area contributed by atoms with Crippen LogP contribution >= 0.6 is 0 Å². The van der Waals surface area contributed by atoms with E-state index in [1.54, 1.807) is 12.1 Å². The molecule has 0 saturated carbocycles. The minimum atomic E-state index is -3.80. The van der Waals surface area contributed by atoms with E-state index in [9.17, 15) is 23.4 Å². The number of nitrogens with zero attached hydrogens (tertiary/aromatic N) is 1. The summed E-state index contributed by atoms with van der Waals surface area (Å²) in [5.41, 5.74) is 0. The molecule has 2 N–H and O–H groups in total. The molecule has 24 heavy (non-hydrogen) atoms. The maximum absolute atomic E-state index is 12.9. The van der Waals surface area contributed by atoms with E-state index in [1.165, 1.54) is 10.4 Å². The molecular weight excluding hydrogens is 330 g/mol. The van der Waals surface area contributed by atoms with Crippen molar-refractivity contribution < 1.29 is 23.4 Å². The normalized spacial score (nSPS) is 22.5. The molecule has 7 heteroatoms.